The Morgan fingerprint density at radius 3 is 1.24 bits per heavy atom. The Hall–Kier alpha value is -4.20. The van der Waals surface area contributed by atoms with Crippen molar-refractivity contribution in [2.45, 2.75) is 26.1 Å². The van der Waals surface area contributed by atoms with Crippen LogP contribution in [0, 0.1) is 0 Å². The third-order valence-electron chi connectivity index (χ3n) is 4.93. The van der Waals surface area contributed by atoms with Crippen molar-refractivity contribution in [3.8, 4) is 23.0 Å². The van der Waals surface area contributed by atoms with Gasteiger partial charge < -0.3 is 29.6 Å². The van der Waals surface area contributed by atoms with Crippen molar-refractivity contribution in [2.75, 3.05) is 24.9 Å². The number of carbonyl (C=O) groups is 2. The highest BCUT2D eigenvalue weighted by Gasteiger charge is 2.19. The lowest BCUT2D eigenvalue weighted by Crippen LogP contribution is -2.32. The molecule has 2 unspecified atom stereocenters. The van der Waals surface area contributed by atoms with E-state index < -0.39 is 12.2 Å². The maximum Gasteiger partial charge on any atom is 0.265 e. The molecule has 0 aliphatic rings. The number of benzene rings is 3. The van der Waals surface area contributed by atoms with Crippen LogP contribution in [0.25, 0.3) is 0 Å². The van der Waals surface area contributed by atoms with E-state index in [9.17, 15) is 9.59 Å². The van der Waals surface area contributed by atoms with Gasteiger partial charge in [0.25, 0.3) is 11.8 Å². The molecule has 8 nitrogen and oxygen atoms in total. The van der Waals surface area contributed by atoms with Gasteiger partial charge in [-0.2, -0.15) is 0 Å². The highest BCUT2D eigenvalue weighted by Crippen LogP contribution is 2.24. The number of methoxy groups -OCH3 is 2. The number of anilines is 2. The molecule has 2 atom stereocenters. The number of carbonyl (C=O) groups excluding carboxylic acids is 2. The van der Waals surface area contributed by atoms with E-state index in [2.05, 4.69) is 10.6 Å². The number of ether oxygens (including phenoxy) is 4. The summed E-state index contributed by atoms with van der Waals surface area (Å²) in [5.41, 5.74) is 0.894. The van der Waals surface area contributed by atoms with Crippen LogP contribution >= 0.6 is 0 Å². The normalized spacial score (nSPS) is 12.1. The third-order valence-corrected chi connectivity index (χ3v) is 4.93. The van der Waals surface area contributed by atoms with Crippen molar-refractivity contribution in [3.63, 3.8) is 0 Å². The van der Waals surface area contributed by atoms with Gasteiger partial charge >= 0.3 is 0 Å². The van der Waals surface area contributed by atoms with E-state index in [-0.39, 0.29) is 11.8 Å². The molecule has 2 amide bonds. The molecule has 8 heteroatoms. The van der Waals surface area contributed by atoms with Gasteiger partial charge in [0.15, 0.2) is 12.2 Å². The van der Waals surface area contributed by atoms with E-state index >= 15 is 0 Å². The van der Waals surface area contributed by atoms with Gasteiger partial charge in [0.1, 0.15) is 23.0 Å². The molecule has 0 bridgehead atoms. The Bertz CT molecular complexity index is 1010. The molecule has 0 radical (unpaired) electrons. The van der Waals surface area contributed by atoms with Gasteiger partial charge in [-0.05, 0) is 74.5 Å². The summed E-state index contributed by atoms with van der Waals surface area (Å²) < 4.78 is 21.7. The first kappa shape index (κ1) is 24.4. The van der Waals surface area contributed by atoms with Gasteiger partial charge in [0.2, 0.25) is 0 Å². The predicted octanol–water partition coefficient (Wildman–Crippen LogP) is 4.52. The summed E-state index contributed by atoms with van der Waals surface area (Å²) in [5, 5.41) is 5.60. The molecule has 0 fully saturated rings. The lowest BCUT2D eigenvalue weighted by molar-refractivity contribution is -0.122. The van der Waals surface area contributed by atoms with Crippen molar-refractivity contribution in [3.05, 3.63) is 72.8 Å². The molecule has 178 valence electrons. The van der Waals surface area contributed by atoms with Crippen LogP contribution in [0.4, 0.5) is 11.4 Å². The summed E-state index contributed by atoms with van der Waals surface area (Å²) in [6.07, 6.45) is -1.54. The molecule has 0 aliphatic heterocycles. The lowest BCUT2D eigenvalue weighted by atomic mass is 10.2. The van der Waals surface area contributed by atoms with E-state index in [0.717, 1.165) is 0 Å². The van der Waals surface area contributed by atoms with Gasteiger partial charge in [-0.3, -0.25) is 9.59 Å². The Morgan fingerprint density at radius 1 is 0.588 bits per heavy atom. The molecule has 3 rings (SSSR count). The summed E-state index contributed by atoms with van der Waals surface area (Å²) in [6, 6.07) is 20.8. The highest BCUT2D eigenvalue weighted by molar-refractivity contribution is 6.02. The average Bonchev–Trinajstić information content (AvgIpc) is 2.86. The van der Waals surface area contributed by atoms with Crippen molar-refractivity contribution in [1.82, 2.24) is 0 Å². The maximum atomic E-state index is 12.7. The summed E-state index contributed by atoms with van der Waals surface area (Å²) in [5.74, 6) is 1.74. The van der Waals surface area contributed by atoms with Gasteiger partial charge in [-0.15, -0.1) is 0 Å². The van der Waals surface area contributed by atoms with Crippen molar-refractivity contribution < 1.29 is 28.5 Å². The van der Waals surface area contributed by atoms with Crippen LogP contribution < -0.4 is 29.6 Å². The molecule has 0 aromatic heterocycles. The Morgan fingerprint density at radius 2 is 0.912 bits per heavy atom. The Labute approximate surface area is 198 Å². The van der Waals surface area contributed by atoms with Crippen LogP contribution in [0.3, 0.4) is 0 Å². The minimum atomic E-state index is -0.769. The van der Waals surface area contributed by atoms with E-state index in [1.54, 1.807) is 101 Å². The second kappa shape index (κ2) is 11.6. The Balaban J connectivity index is 1.60. The largest absolute Gasteiger partial charge is 0.497 e. The fourth-order valence-electron chi connectivity index (χ4n) is 2.99. The van der Waals surface area contributed by atoms with E-state index in [1.165, 1.54) is 0 Å². The van der Waals surface area contributed by atoms with E-state index in [4.69, 9.17) is 18.9 Å². The topological polar surface area (TPSA) is 95.1 Å². The molecule has 34 heavy (non-hydrogen) atoms. The highest BCUT2D eigenvalue weighted by atomic mass is 16.5. The SMILES string of the molecule is COc1ccc(OC(C)C(=O)Nc2ccccc2NC(=O)C(C)Oc2ccc(OC)cc2)cc1. The summed E-state index contributed by atoms with van der Waals surface area (Å²) in [7, 11) is 3.15. The van der Waals surface area contributed by atoms with Crippen LogP contribution in [-0.4, -0.2) is 38.2 Å². The zero-order valence-electron chi connectivity index (χ0n) is 19.5. The number of amides is 2. The van der Waals surface area contributed by atoms with Gasteiger partial charge in [-0.25, -0.2) is 0 Å². The minimum Gasteiger partial charge on any atom is -0.497 e. The van der Waals surface area contributed by atoms with Crippen LogP contribution in [0.15, 0.2) is 72.8 Å². The summed E-state index contributed by atoms with van der Waals surface area (Å²) >= 11 is 0. The first-order chi connectivity index (χ1) is 16.4. The van der Waals surface area contributed by atoms with E-state index in [1.807, 2.05) is 0 Å². The number of para-hydroxylation sites is 2. The number of hydrogen-bond donors (Lipinski definition) is 2. The molecular weight excluding hydrogens is 436 g/mol. The minimum absolute atomic E-state index is 0.361. The second-order valence-electron chi connectivity index (χ2n) is 7.40. The number of nitrogens with one attached hydrogen (secondary N) is 2. The molecule has 0 heterocycles. The zero-order valence-corrected chi connectivity index (χ0v) is 19.5. The maximum absolute atomic E-state index is 12.7. The molecule has 2 N–H and O–H groups in total. The van der Waals surface area contributed by atoms with Crippen molar-refractivity contribution in [1.29, 1.82) is 0 Å². The quantitative estimate of drug-likeness (QED) is 0.458. The summed E-state index contributed by atoms with van der Waals surface area (Å²) in [6.45, 7) is 3.29. The molecule has 3 aromatic carbocycles. The van der Waals surface area contributed by atoms with Crippen LogP contribution in [-0.2, 0) is 9.59 Å². The standard InChI is InChI=1S/C26H28N2O6/c1-17(33-21-13-9-19(31-3)10-14-21)25(29)27-23-7-5-6-8-24(23)28-26(30)18(2)34-22-15-11-20(32-4)12-16-22/h5-18H,1-4H3,(H,27,29)(H,28,30). The first-order valence-corrected chi connectivity index (χ1v) is 10.7. The Kier molecular flexibility index (Phi) is 8.34. The lowest BCUT2D eigenvalue weighted by Gasteiger charge is -2.18. The van der Waals surface area contributed by atoms with Crippen LogP contribution in [0.2, 0.25) is 0 Å². The molecule has 0 saturated carbocycles. The second-order valence-corrected chi connectivity index (χ2v) is 7.40. The first-order valence-electron chi connectivity index (χ1n) is 10.7. The average molecular weight is 465 g/mol. The monoisotopic (exact) mass is 464 g/mol. The van der Waals surface area contributed by atoms with Crippen LogP contribution in [0.1, 0.15) is 13.8 Å². The smallest absolute Gasteiger partial charge is 0.265 e. The van der Waals surface area contributed by atoms with Gasteiger partial charge in [0, 0.05) is 0 Å². The predicted molar refractivity (Wildman–Crippen MR) is 130 cm³/mol. The number of hydrogen-bond acceptors (Lipinski definition) is 6. The molecule has 0 saturated heterocycles. The fraction of sp³-hybridized carbons (Fsp3) is 0.231. The van der Waals surface area contributed by atoms with Crippen molar-refractivity contribution >= 4 is 23.2 Å². The summed E-state index contributed by atoms with van der Waals surface area (Å²) in [4.78, 5) is 25.4. The van der Waals surface area contributed by atoms with Gasteiger partial charge in [0.05, 0.1) is 25.6 Å². The molecule has 3 aromatic rings. The van der Waals surface area contributed by atoms with Gasteiger partial charge in [-0.1, -0.05) is 12.1 Å². The number of rotatable bonds is 10. The molecule has 0 spiro atoms. The third kappa shape index (κ3) is 6.65. The molecular formula is C26H28N2O6. The molecule has 0 aliphatic carbocycles. The van der Waals surface area contributed by atoms with E-state index in [0.29, 0.717) is 34.4 Å². The fourth-order valence-corrected chi connectivity index (χ4v) is 2.99. The van der Waals surface area contributed by atoms with Crippen molar-refractivity contribution in [2.24, 2.45) is 0 Å². The van der Waals surface area contributed by atoms with Crippen LogP contribution in [0.5, 0.6) is 23.0 Å². The zero-order chi connectivity index (χ0) is 24.5.